The molecule has 2 N–H and O–H groups in total. The molecule has 0 saturated carbocycles. The summed E-state index contributed by atoms with van der Waals surface area (Å²) in [4.78, 5) is 0. The second-order valence-electron chi connectivity index (χ2n) is 3.31. The summed E-state index contributed by atoms with van der Waals surface area (Å²) in [6, 6.07) is 9.77. The zero-order valence-electron chi connectivity index (χ0n) is 8.44. The van der Waals surface area contributed by atoms with E-state index < -0.39 is 0 Å². The molecule has 1 heterocycles. The van der Waals surface area contributed by atoms with Crippen molar-refractivity contribution in [3.05, 3.63) is 46.7 Å². The lowest BCUT2D eigenvalue weighted by atomic mass is 10.3. The van der Waals surface area contributed by atoms with Crippen molar-refractivity contribution in [2.45, 2.75) is 13.5 Å². The molecule has 0 aliphatic carbocycles. The van der Waals surface area contributed by atoms with Crippen molar-refractivity contribution < 1.29 is 0 Å². The lowest BCUT2D eigenvalue weighted by Crippen LogP contribution is -1.98. The Labute approximate surface area is 93.5 Å². The van der Waals surface area contributed by atoms with Gasteiger partial charge < -0.3 is 5.73 Å². The topological polar surface area (TPSA) is 43.8 Å². The van der Waals surface area contributed by atoms with Crippen molar-refractivity contribution >= 4 is 11.6 Å². The molecule has 0 saturated heterocycles. The largest absolute Gasteiger partial charge is 0.326 e. The van der Waals surface area contributed by atoms with E-state index >= 15 is 0 Å². The molecule has 1 aromatic heterocycles. The van der Waals surface area contributed by atoms with Crippen molar-refractivity contribution in [2.75, 3.05) is 0 Å². The van der Waals surface area contributed by atoms with Gasteiger partial charge in [-0.05, 0) is 19.1 Å². The van der Waals surface area contributed by atoms with Crippen LogP contribution in [0.25, 0.3) is 5.69 Å². The number of halogens is 1. The van der Waals surface area contributed by atoms with Crippen LogP contribution in [0.4, 0.5) is 0 Å². The molecule has 0 unspecified atom stereocenters. The number of aryl methyl sites for hydroxylation is 1. The maximum Gasteiger partial charge on any atom is 0.137 e. The van der Waals surface area contributed by atoms with Crippen molar-refractivity contribution in [1.82, 2.24) is 9.78 Å². The molecule has 78 valence electrons. The van der Waals surface area contributed by atoms with E-state index in [1.54, 1.807) is 4.68 Å². The molecular weight excluding hydrogens is 210 g/mol. The van der Waals surface area contributed by atoms with E-state index in [1.165, 1.54) is 0 Å². The van der Waals surface area contributed by atoms with Gasteiger partial charge in [0.25, 0.3) is 0 Å². The molecule has 15 heavy (non-hydrogen) atoms. The van der Waals surface area contributed by atoms with Gasteiger partial charge in [0, 0.05) is 12.1 Å². The van der Waals surface area contributed by atoms with Gasteiger partial charge in [-0.15, -0.1) is 0 Å². The number of rotatable bonds is 2. The van der Waals surface area contributed by atoms with Gasteiger partial charge in [0.15, 0.2) is 0 Å². The SMILES string of the molecule is Cc1nn(-c2ccccc2)c(Cl)c1CN. The van der Waals surface area contributed by atoms with Crippen LogP contribution in [0.1, 0.15) is 11.3 Å². The summed E-state index contributed by atoms with van der Waals surface area (Å²) in [5.41, 5.74) is 8.34. The molecule has 0 atom stereocenters. The van der Waals surface area contributed by atoms with Crippen LogP contribution in [0.2, 0.25) is 5.15 Å². The minimum absolute atomic E-state index is 0.414. The molecule has 0 aliphatic heterocycles. The normalized spacial score (nSPS) is 10.6. The van der Waals surface area contributed by atoms with E-state index in [9.17, 15) is 0 Å². The summed E-state index contributed by atoms with van der Waals surface area (Å²) in [5.74, 6) is 0. The molecule has 0 aliphatic rings. The number of nitrogens with zero attached hydrogens (tertiary/aromatic N) is 2. The van der Waals surface area contributed by atoms with Gasteiger partial charge in [-0.1, -0.05) is 29.8 Å². The number of para-hydroxylation sites is 1. The van der Waals surface area contributed by atoms with E-state index in [0.29, 0.717) is 11.7 Å². The van der Waals surface area contributed by atoms with Crippen LogP contribution < -0.4 is 5.73 Å². The Kier molecular flexibility index (Phi) is 2.75. The van der Waals surface area contributed by atoms with E-state index in [4.69, 9.17) is 17.3 Å². The smallest absolute Gasteiger partial charge is 0.137 e. The van der Waals surface area contributed by atoms with Gasteiger partial charge in [0.05, 0.1) is 11.4 Å². The highest BCUT2D eigenvalue weighted by Crippen LogP contribution is 2.22. The molecule has 2 aromatic rings. The first-order valence-corrected chi connectivity index (χ1v) is 5.11. The number of benzene rings is 1. The van der Waals surface area contributed by atoms with E-state index in [-0.39, 0.29) is 0 Å². The maximum atomic E-state index is 6.18. The lowest BCUT2D eigenvalue weighted by Gasteiger charge is -2.02. The molecular formula is C11H12ClN3. The summed E-state index contributed by atoms with van der Waals surface area (Å²) in [6.07, 6.45) is 0. The van der Waals surface area contributed by atoms with E-state index in [0.717, 1.165) is 16.9 Å². The summed E-state index contributed by atoms with van der Waals surface area (Å²) < 4.78 is 1.71. The zero-order chi connectivity index (χ0) is 10.8. The fourth-order valence-electron chi connectivity index (χ4n) is 1.50. The summed E-state index contributed by atoms with van der Waals surface area (Å²) in [6.45, 7) is 2.32. The fourth-order valence-corrected chi connectivity index (χ4v) is 1.85. The van der Waals surface area contributed by atoms with Gasteiger partial charge in [0.2, 0.25) is 0 Å². The van der Waals surface area contributed by atoms with Crippen LogP contribution >= 0.6 is 11.6 Å². The number of aromatic nitrogens is 2. The average molecular weight is 222 g/mol. The van der Waals surface area contributed by atoms with E-state index in [2.05, 4.69) is 5.10 Å². The van der Waals surface area contributed by atoms with Crippen LogP contribution in [-0.4, -0.2) is 9.78 Å². The number of hydrogen-bond acceptors (Lipinski definition) is 2. The third-order valence-electron chi connectivity index (χ3n) is 2.33. The Bertz CT molecular complexity index is 462. The second-order valence-corrected chi connectivity index (χ2v) is 3.66. The van der Waals surface area contributed by atoms with E-state index in [1.807, 2.05) is 37.3 Å². The molecule has 0 fully saturated rings. The summed E-state index contributed by atoms with van der Waals surface area (Å²) in [5, 5.41) is 4.95. The van der Waals surface area contributed by atoms with Crippen LogP contribution in [0.15, 0.2) is 30.3 Å². The monoisotopic (exact) mass is 221 g/mol. The minimum Gasteiger partial charge on any atom is -0.326 e. The summed E-state index contributed by atoms with van der Waals surface area (Å²) in [7, 11) is 0. The highest BCUT2D eigenvalue weighted by Gasteiger charge is 2.12. The van der Waals surface area contributed by atoms with Gasteiger partial charge in [0.1, 0.15) is 5.15 Å². The molecule has 4 heteroatoms. The lowest BCUT2D eigenvalue weighted by molar-refractivity contribution is 0.863. The predicted molar refractivity (Wildman–Crippen MR) is 61.2 cm³/mol. The van der Waals surface area contributed by atoms with Crippen LogP contribution in [0.5, 0.6) is 0 Å². The highest BCUT2D eigenvalue weighted by atomic mass is 35.5. The molecule has 3 nitrogen and oxygen atoms in total. The van der Waals surface area contributed by atoms with Crippen LogP contribution in [0.3, 0.4) is 0 Å². The van der Waals surface area contributed by atoms with Crippen LogP contribution in [0, 0.1) is 6.92 Å². The first kappa shape index (κ1) is 10.2. The zero-order valence-corrected chi connectivity index (χ0v) is 9.20. The Morgan fingerprint density at radius 1 is 1.33 bits per heavy atom. The second kappa shape index (κ2) is 4.04. The first-order valence-electron chi connectivity index (χ1n) is 4.73. The summed E-state index contributed by atoms with van der Waals surface area (Å²) >= 11 is 6.18. The Morgan fingerprint density at radius 3 is 2.53 bits per heavy atom. The van der Waals surface area contributed by atoms with Gasteiger partial charge >= 0.3 is 0 Å². The molecule has 1 aromatic carbocycles. The highest BCUT2D eigenvalue weighted by molar-refractivity contribution is 6.30. The number of hydrogen-bond donors (Lipinski definition) is 1. The molecule has 0 amide bonds. The molecule has 0 radical (unpaired) electrons. The first-order chi connectivity index (χ1) is 7.24. The Morgan fingerprint density at radius 2 is 2.00 bits per heavy atom. The third kappa shape index (κ3) is 1.76. The van der Waals surface area contributed by atoms with Gasteiger partial charge in [-0.2, -0.15) is 5.10 Å². The fraction of sp³-hybridized carbons (Fsp3) is 0.182. The van der Waals surface area contributed by atoms with Crippen LogP contribution in [-0.2, 0) is 6.54 Å². The molecule has 0 spiro atoms. The number of nitrogens with two attached hydrogens (primary N) is 1. The maximum absolute atomic E-state index is 6.18. The van der Waals surface area contributed by atoms with Crippen molar-refractivity contribution in [3.63, 3.8) is 0 Å². The minimum atomic E-state index is 0.414. The van der Waals surface area contributed by atoms with Crippen molar-refractivity contribution in [1.29, 1.82) is 0 Å². The molecule has 2 rings (SSSR count). The third-order valence-corrected chi connectivity index (χ3v) is 2.71. The average Bonchev–Trinajstić information content (AvgIpc) is 2.55. The Balaban J connectivity index is 2.55. The Hall–Kier alpha value is -1.32. The standard InChI is InChI=1S/C11H12ClN3/c1-8-10(7-13)11(12)15(14-8)9-5-3-2-4-6-9/h2-6H,7,13H2,1H3. The quantitative estimate of drug-likeness (QED) is 0.846. The van der Waals surface area contributed by atoms with Crippen molar-refractivity contribution in [3.8, 4) is 5.69 Å². The van der Waals surface area contributed by atoms with Crippen molar-refractivity contribution in [2.24, 2.45) is 5.73 Å². The van der Waals surface area contributed by atoms with Gasteiger partial charge in [-0.25, -0.2) is 4.68 Å². The van der Waals surface area contributed by atoms with Gasteiger partial charge in [-0.3, -0.25) is 0 Å². The predicted octanol–water partition coefficient (Wildman–Crippen LogP) is 2.29. The molecule has 0 bridgehead atoms.